The maximum atomic E-state index is 13.4. The molecule has 2 unspecified atom stereocenters. The Bertz CT molecular complexity index is 1350. The van der Waals surface area contributed by atoms with Crippen molar-refractivity contribution in [1.29, 1.82) is 0 Å². The highest BCUT2D eigenvalue weighted by Gasteiger charge is 2.51. The molecule has 1 saturated heterocycles. The van der Waals surface area contributed by atoms with Gasteiger partial charge in [-0.25, -0.2) is 9.50 Å². The second-order valence-electron chi connectivity index (χ2n) is 10.2. The number of halogens is 4. The number of hydrogen-bond donors (Lipinski definition) is 1. The van der Waals surface area contributed by atoms with E-state index in [4.69, 9.17) is 16.3 Å². The van der Waals surface area contributed by atoms with E-state index in [1.165, 1.54) is 29.0 Å². The van der Waals surface area contributed by atoms with Gasteiger partial charge in [0.2, 0.25) is 0 Å². The number of phenolic OH excluding ortho intramolecular Hbond substituents is 1. The molecule has 8 nitrogen and oxygen atoms in total. The van der Waals surface area contributed by atoms with Gasteiger partial charge in [-0.2, -0.15) is 18.2 Å². The van der Waals surface area contributed by atoms with Gasteiger partial charge in [0.05, 0.1) is 23.8 Å². The van der Waals surface area contributed by atoms with Crippen LogP contribution in [0.4, 0.5) is 13.2 Å². The van der Waals surface area contributed by atoms with E-state index in [9.17, 15) is 27.9 Å². The molecule has 5 rings (SSSR count). The minimum absolute atomic E-state index is 0.0113. The van der Waals surface area contributed by atoms with E-state index in [1.807, 2.05) is 0 Å². The average molecular weight is 551 g/mol. The summed E-state index contributed by atoms with van der Waals surface area (Å²) in [6.07, 6.45) is 1.36. The van der Waals surface area contributed by atoms with E-state index in [2.05, 4.69) is 15.1 Å². The van der Waals surface area contributed by atoms with Crippen LogP contribution in [0, 0.1) is 11.8 Å². The Kier molecular flexibility index (Phi) is 7.06. The number of aromatic nitrogens is 4. The molecule has 1 N–H and O–H groups in total. The van der Waals surface area contributed by atoms with E-state index in [-0.39, 0.29) is 35.9 Å². The first-order valence-electron chi connectivity index (χ1n) is 12.5. The topological polar surface area (TPSA) is 107 Å². The van der Waals surface area contributed by atoms with Crippen LogP contribution in [0.3, 0.4) is 0 Å². The van der Waals surface area contributed by atoms with Crippen molar-refractivity contribution in [2.24, 2.45) is 11.8 Å². The molecule has 12 heteroatoms. The quantitative estimate of drug-likeness (QED) is 0.332. The van der Waals surface area contributed by atoms with Crippen molar-refractivity contribution in [1.82, 2.24) is 19.6 Å². The number of aryl methyl sites for hydroxylation is 1. The van der Waals surface area contributed by atoms with Gasteiger partial charge in [0.25, 0.3) is 5.78 Å². The maximum Gasteiger partial charge on any atom is 0.393 e. The van der Waals surface area contributed by atoms with Gasteiger partial charge in [0, 0.05) is 18.4 Å². The van der Waals surface area contributed by atoms with Crippen molar-refractivity contribution in [3.8, 4) is 5.75 Å². The number of Topliss-reactive ketones (excluding diaryl/α,β-unsaturated/α-hetero) is 1. The van der Waals surface area contributed by atoms with Crippen LogP contribution in [0.1, 0.15) is 55.5 Å². The van der Waals surface area contributed by atoms with Crippen molar-refractivity contribution in [3.63, 3.8) is 0 Å². The maximum absolute atomic E-state index is 13.4. The molecule has 1 aliphatic carbocycles. The second kappa shape index (κ2) is 10.2. The third kappa shape index (κ3) is 5.62. The third-order valence-corrected chi connectivity index (χ3v) is 7.71. The van der Waals surface area contributed by atoms with Crippen LogP contribution in [0.25, 0.3) is 5.78 Å². The summed E-state index contributed by atoms with van der Waals surface area (Å²) in [5.41, 5.74) is -0.660. The fraction of sp³-hybridized carbons (Fsp3) is 0.500. The lowest BCUT2D eigenvalue weighted by atomic mass is 9.73. The molecule has 1 saturated carbocycles. The first kappa shape index (κ1) is 26.4. The van der Waals surface area contributed by atoms with Gasteiger partial charge in [-0.1, -0.05) is 36.6 Å². The first-order chi connectivity index (χ1) is 18.0. The molecular weight excluding hydrogens is 525 g/mol. The van der Waals surface area contributed by atoms with Crippen molar-refractivity contribution in [2.75, 3.05) is 0 Å². The number of alkyl halides is 3. The number of carbonyl (C=O) groups is 2. The summed E-state index contributed by atoms with van der Waals surface area (Å²) >= 11 is 5.94. The number of nitrogens with zero attached hydrogens (tertiary/aromatic N) is 4. The van der Waals surface area contributed by atoms with E-state index >= 15 is 0 Å². The Hall–Kier alpha value is -3.21. The summed E-state index contributed by atoms with van der Waals surface area (Å²) in [5.74, 6) is -1.82. The van der Waals surface area contributed by atoms with E-state index in [0.717, 1.165) is 25.7 Å². The number of ketones is 1. The fourth-order valence-electron chi connectivity index (χ4n) is 5.66. The zero-order chi connectivity index (χ0) is 27.1. The molecule has 2 aromatic heterocycles. The molecule has 3 aromatic rings. The molecule has 2 aliphatic rings. The zero-order valence-electron chi connectivity index (χ0n) is 20.4. The Morgan fingerprint density at radius 3 is 2.68 bits per heavy atom. The molecule has 0 amide bonds. The molecule has 1 aromatic carbocycles. The van der Waals surface area contributed by atoms with E-state index in [1.54, 1.807) is 6.07 Å². The normalized spacial score (nSPS) is 22.8. The highest BCUT2D eigenvalue weighted by atomic mass is 35.5. The summed E-state index contributed by atoms with van der Waals surface area (Å²) in [7, 11) is 0. The van der Waals surface area contributed by atoms with Crippen molar-refractivity contribution < 1.29 is 32.6 Å². The summed E-state index contributed by atoms with van der Waals surface area (Å²) < 4.78 is 46.2. The molecule has 202 valence electrons. The fourth-order valence-corrected chi connectivity index (χ4v) is 5.80. The third-order valence-electron chi connectivity index (χ3n) is 7.51. The van der Waals surface area contributed by atoms with Gasteiger partial charge >= 0.3 is 12.1 Å². The SMILES string of the molecule is O=C1CC(CCc2ccc(O)c(CC(F)(F)F)c2)(C2CCCC2)OC(=O)C1Cc1nc2ncc(Cl)cn2n1. The lowest BCUT2D eigenvalue weighted by Crippen LogP contribution is -2.52. The summed E-state index contributed by atoms with van der Waals surface area (Å²) in [5, 5.41) is 14.5. The van der Waals surface area contributed by atoms with E-state index in [0.29, 0.717) is 29.2 Å². The van der Waals surface area contributed by atoms with E-state index < -0.39 is 35.8 Å². The number of aromatic hydroxyl groups is 1. The lowest BCUT2D eigenvalue weighted by Gasteiger charge is -2.43. The van der Waals surface area contributed by atoms with Gasteiger partial charge in [-0.15, -0.1) is 5.10 Å². The monoisotopic (exact) mass is 550 g/mol. The lowest BCUT2D eigenvalue weighted by molar-refractivity contribution is -0.185. The predicted molar refractivity (Wildman–Crippen MR) is 130 cm³/mol. The largest absolute Gasteiger partial charge is 0.508 e. The highest BCUT2D eigenvalue weighted by molar-refractivity contribution is 6.30. The Labute approximate surface area is 221 Å². The number of benzene rings is 1. The zero-order valence-corrected chi connectivity index (χ0v) is 21.1. The smallest absolute Gasteiger partial charge is 0.393 e. The molecule has 1 aliphatic heterocycles. The predicted octanol–water partition coefficient (Wildman–Crippen LogP) is 4.82. The minimum Gasteiger partial charge on any atom is -0.508 e. The van der Waals surface area contributed by atoms with Crippen LogP contribution < -0.4 is 0 Å². The van der Waals surface area contributed by atoms with Crippen LogP contribution in [-0.4, -0.2) is 48.2 Å². The first-order valence-corrected chi connectivity index (χ1v) is 12.9. The summed E-state index contributed by atoms with van der Waals surface area (Å²) in [6, 6.07) is 4.13. The number of phenols is 1. The molecule has 3 heterocycles. The number of hydrogen-bond acceptors (Lipinski definition) is 7. The number of esters is 1. The van der Waals surface area contributed by atoms with Crippen LogP contribution >= 0.6 is 11.6 Å². The van der Waals surface area contributed by atoms with Gasteiger partial charge in [-0.05, 0) is 43.2 Å². The molecule has 38 heavy (non-hydrogen) atoms. The number of rotatable bonds is 7. The van der Waals surface area contributed by atoms with Crippen molar-refractivity contribution in [2.45, 2.75) is 69.6 Å². The van der Waals surface area contributed by atoms with Crippen LogP contribution in [-0.2, 0) is 33.6 Å². The second-order valence-corrected chi connectivity index (χ2v) is 10.6. The molecule has 0 radical (unpaired) electrons. The number of carbonyl (C=O) groups excluding carboxylic acids is 2. The number of ether oxygens (including phenoxy) is 1. The van der Waals surface area contributed by atoms with Gasteiger partial charge in [0.15, 0.2) is 11.6 Å². The van der Waals surface area contributed by atoms with Crippen molar-refractivity contribution in [3.05, 3.63) is 52.6 Å². The molecule has 2 atom stereocenters. The number of fused-ring (bicyclic) bond motifs is 1. The van der Waals surface area contributed by atoms with Crippen LogP contribution in [0.15, 0.2) is 30.6 Å². The summed E-state index contributed by atoms with van der Waals surface area (Å²) in [4.78, 5) is 34.9. The average Bonchev–Trinajstić information content (AvgIpc) is 3.51. The van der Waals surface area contributed by atoms with Crippen LogP contribution in [0.2, 0.25) is 5.02 Å². The van der Waals surface area contributed by atoms with Crippen LogP contribution in [0.5, 0.6) is 5.75 Å². The molecule has 0 spiro atoms. The number of cyclic esters (lactones) is 1. The molecular formula is C26H26ClF3N4O4. The highest BCUT2D eigenvalue weighted by Crippen LogP contribution is 2.45. The Morgan fingerprint density at radius 2 is 1.97 bits per heavy atom. The standard InChI is InChI=1S/C26H26ClF3N4O4/c27-18-13-31-24-32-22(33-34(24)14-18)10-19-21(36)12-25(38-23(19)37,17-3-1-2-4-17)8-7-15-5-6-20(35)16(9-15)11-26(28,29)30/h5-6,9,13-14,17,19,35H,1-4,7-8,10-12H2. The molecule has 0 bridgehead atoms. The van der Waals surface area contributed by atoms with Crippen molar-refractivity contribution >= 4 is 29.1 Å². The van der Waals surface area contributed by atoms with Gasteiger partial charge in [0.1, 0.15) is 17.3 Å². The van der Waals surface area contributed by atoms with Gasteiger partial charge < -0.3 is 9.84 Å². The Morgan fingerprint density at radius 1 is 1.21 bits per heavy atom. The summed E-state index contributed by atoms with van der Waals surface area (Å²) in [6.45, 7) is 0. The minimum atomic E-state index is -4.46. The van der Waals surface area contributed by atoms with Gasteiger partial charge in [-0.3, -0.25) is 9.59 Å². The molecule has 2 fully saturated rings. The Balaban J connectivity index is 1.34.